The molecule has 1 aliphatic heterocycles. The van der Waals surface area contributed by atoms with Crippen LogP contribution in [0, 0.1) is 13.8 Å². The van der Waals surface area contributed by atoms with E-state index in [-0.39, 0.29) is 5.91 Å². The predicted molar refractivity (Wildman–Crippen MR) is 70.4 cm³/mol. The molecule has 1 atom stereocenters. The molecule has 0 spiro atoms. The highest BCUT2D eigenvalue weighted by molar-refractivity contribution is 5.76. The third-order valence-corrected chi connectivity index (χ3v) is 3.60. The van der Waals surface area contributed by atoms with Crippen molar-refractivity contribution < 1.29 is 4.79 Å². The molecular formula is C13H22N4O. The van der Waals surface area contributed by atoms with E-state index in [1.54, 1.807) is 4.68 Å². The van der Waals surface area contributed by atoms with E-state index in [4.69, 9.17) is 0 Å². The second-order valence-corrected chi connectivity index (χ2v) is 5.09. The van der Waals surface area contributed by atoms with Gasteiger partial charge in [-0.3, -0.25) is 9.48 Å². The predicted octanol–water partition coefficient (Wildman–Crippen LogP) is 0.710. The van der Waals surface area contributed by atoms with Crippen LogP contribution in [0.25, 0.3) is 0 Å². The number of rotatable bonds is 3. The van der Waals surface area contributed by atoms with Crippen LogP contribution in [0.15, 0.2) is 6.07 Å². The van der Waals surface area contributed by atoms with E-state index in [0.29, 0.717) is 12.6 Å². The molecule has 0 aliphatic carbocycles. The molecular weight excluding hydrogens is 228 g/mol. The van der Waals surface area contributed by atoms with E-state index in [2.05, 4.69) is 10.4 Å². The van der Waals surface area contributed by atoms with Gasteiger partial charge in [-0.25, -0.2) is 0 Å². The first-order valence-electron chi connectivity index (χ1n) is 6.55. The molecule has 1 amide bonds. The van der Waals surface area contributed by atoms with Gasteiger partial charge in [0.05, 0.1) is 5.69 Å². The summed E-state index contributed by atoms with van der Waals surface area (Å²) in [6, 6.07) is 2.32. The van der Waals surface area contributed by atoms with E-state index in [0.717, 1.165) is 37.3 Å². The number of aromatic nitrogens is 2. The quantitative estimate of drug-likeness (QED) is 0.859. The molecule has 5 heteroatoms. The molecule has 0 saturated carbocycles. The van der Waals surface area contributed by atoms with Gasteiger partial charge in [0, 0.05) is 25.3 Å². The zero-order valence-corrected chi connectivity index (χ0v) is 11.4. The number of likely N-dealkylation sites (N-methyl/N-ethyl adjacent to an activating group) is 1. The lowest BCUT2D eigenvalue weighted by Crippen LogP contribution is -2.47. The maximum absolute atomic E-state index is 12.2. The van der Waals surface area contributed by atoms with Crippen LogP contribution in [-0.2, 0) is 11.3 Å². The number of amides is 1. The molecule has 0 radical (unpaired) electrons. The first-order chi connectivity index (χ1) is 8.58. The minimum Gasteiger partial charge on any atom is -0.340 e. The van der Waals surface area contributed by atoms with Crippen molar-refractivity contribution in [2.45, 2.75) is 39.3 Å². The molecule has 1 aromatic heterocycles. The zero-order chi connectivity index (χ0) is 13.1. The average Bonchev–Trinajstić information content (AvgIpc) is 2.68. The molecule has 100 valence electrons. The van der Waals surface area contributed by atoms with E-state index >= 15 is 0 Å². The van der Waals surface area contributed by atoms with Gasteiger partial charge in [0.15, 0.2) is 0 Å². The molecule has 0 bridgehead atoms. The van der Waals surface area contributed by atoms with Crippen molar-refractivity contribution in [1.82, 2.24) is 20.0 Å². The van der Waals surface area contributed by atoms with Gasteiger partial charge in [0.1, 0.15) is 6.54 Å². The Balaban J connectivity index is 1.96. The number of hydrogen-bond donors (Lipinski definition) is 1. The summed E-state index contributed by atoms with van der Waals surface area (Å²) in [5.74, 6) is 0.134. The van der Waals surface area contributed by atoms with Crippen LogP contribution in [0.2, 0.25) is 0 Å². The van der Waals surface area contributed by atoms with Crippen molar-refractivity contribution in [2.75, 3.05) is 20.1 Å². The maximum Gasteiger partial charge on any atom is 0.244 e. The maximum atomic E-state index is 12.2. The summed E-state index contributed by atoms with van der Waals surface area (Å²) < 4.78 is 1.78. The molecule has 18 heavy (non-hydrogen) atoms. The van der Waals surface area contributed by atoms with E-state index in [1.807, 2.05) is 31.9 Å². The monoisotopic (exact) mass is 250 g/mol. The lowest BCUT2D eigenvalue weighted by atomic mass is 10.1. The van der Waals surface area contributed by atoms with Crippen LogP contribution in [0.3, 0.4) is 0 Å². The van der Waals surface area contributed by atoms with Crippen LogP contribution < -0.4 is 5.32 Å². The Morgan fingerprint density at radius 3 is 2.94 bits per heavy atom. The van der Waals surface area contributed by atoms with E-state index < -0.39 is 0 Å². The Kier molecular flexibility index (Phi) is 4.01. The second-order valence-electron chi connectivity index (χ2n) is 5.09. The molecule has 2 heterocycles. The van der Waals surface area contributed by atoms with Gasteiger partial charge < -0.3 is 10.2 Å². The number of nitrogens with one attached hydrogen (secondary N) is 1. The fourth-order valence-corrected chi connectivity index (χ4v) is 2.44. The first-order valence-corrected chi connectivity index (χ1v) is 6.55. The smallest absolute Gasteiger partial charge is 0.244 e. The summed E-state index contributed by atoms with van der Waals surface area (Å²) in [6.07, 6.45) is 2.23. The van der Waals surface area contributed by atoms with Gasteiger partial charge in [-0.2, -0.15) is 5.10 Å². The summed E-state index contributed by atoms with van der Waals surface area (Å²) in [5, 5.41) is 7.66. The summed E-state index contributed by atoms with van der Waals surface area (Å²) in [6.45, 7) is 6.24. The SMILES string of the molecule is Cc1cc(C)n(CC(=O)N(C)C2CCCNC2)n1. The molecule has 2 rings (SSSR count). The van der Waals surface area contributed by atoms with Crippen LogP contribution in [-0.4, -0.2) is 46.8 Å². The van der Waals surface area contributed by atoms with Gasteiger partial charge in [0.2, 0.25) is 5.91 Å². The minimum atomic E-state index is 0.134. The minimum absolute atomic E-state index is 0.134. The van der Waals surface area contributed by atoms with Crippen molar-refractivity contribution in [3.63, 3.8) is 0 Å². The molecule has 1 fully saturated rings. The van der Waals surface area contributed by atoms with Crippen molar-refractivity contribution in [3.8, 4) is 0 Å². The Morgan fingerprint density at radius 1 is 1.61 bits per heavy atom. The fourth-order valence-electron chi connectivity index (χ4n) is 2.44. The molecule has 1 unspecified atom stereocenters. The highest BCUT2D eigenvalue weighted by Gasteiger charge is 2.22. The first kappa shape index (κ1) is 13.1. The average molecular weight is 250 g/mol. The molecule has 1 saturated heterocycles. The van der Waals surface area contributed by atoms with Gasteiger partial charge in [-0.05, 0) is 39.3 Å². The van der Waals surface area contributed by atoms with Gasteiger partial charge >= 0.3 is 0 Å². The summed E-state index contributed by atoms with van der Waals surface area (Å²) in [7, 11) is 1.89. The van der Waals surface area contributed by atoms with Crippen LogP contribution in [0.5, 0.6) is 0 Å². The highest BCUT2D eigenvalue weighted by Crippen LogP contribution is 2.10. The topological polar surface area (TPSA) is 50.2 Å². The van der Waals surface area contributed by atoms with Crippen molar-refractivity contribution in [1.29, 1.82) is 0 Å². The van der Waals surface area contributed by atoms with Crippen molar-refractivity contribution >= 4 is 5.91 Å². The number of aryl methyl sites for hydroxylation is 2. The van der Waals surface area contributed by atoms with Crippen LogP contribution >= 0.6 is 0 Å². The lowest BCUT2D eigenvalue weighted by Gasteiger charge is -2.31. The third-order valence-electron chi connectivity index (χ3n) is 3.60. The Bertz CT molecular complexity index is 421. The standard InChI is InChI=1S/C13H22N4O/c1-10-7-11(2)17(15-10)9-13(18)16(3)12-5-4-6-14-8-12/h7,12,14H,4-6,8-9H2,1-3H3. The summed E-state index contributed by atoms with van der Waals surface area (Å²) in [4.78, 5) is 14.1. The number of hydrogen-bond acceptors (Lipinski definition) is 3. The van der Waals surface area contributed by atoms with Gasteiger partial charge in [-0.15, -0.1) is 0 Å². The zero-order valence-electron chi connectivity index (χ0n) is 11.4. The Morgan fingerprint density at radius 2 is 2.39 bits per heavy atom. The van der Waals surface area contributed by atoms with Crippen molar-refractivity contribution in [3.05, 3.63) is 17.5 Å². The van der Waals surface area contributed by atoms with E-state index in [9.17, 15) is 4.79 Å². The second kappa shape index (κ2) is 5.52. The molecule has 1 aromatic rings. The molecule has 5 nitrogen and oxygen atoms in total. The summed E-state index contributed by atoms with van der Waals surface area (Å²) >= 11 is 0. The molecule has 1 N–H and O–H groups in total. The number of piperidine rings is 1. The molecule has 0 aromatic carbocycles. The number of nitrogens with zero attached hydrogens (tertiary/aromatic N) is 3. The largest absolute Gasteiger partial charge is 0.340 e. The Labute approximate surface area is 108 Å². The van der Waals surface area contributed by atoms with Crippen LogP contribution in [0.4, 0.5) is 0 Å². The fraction of sp³-hybridized carbons (Fsp3) is 0.692. The van der Waals surface area contributed by atoms with E-state index in [1.165, 1.54) is 0 Å². The third kappa shape index (κ3) is 2.90. The number of carbonyl (C=O) groups excluding carboxylic acids is 1. The van der Waals surface area contributed by atoms with Gasteiger partial charge in [0.25, 0.3) is 0 Å². The normalized spacial score (nSPS) is 19.8. The Hall–Kier alpha value is -1.36. The van der Waals surface area contributed by atoms with Crippen molar-refractivity contribution in [2.24, 2.45) is 0 Å². The van der Waals surface area contributed by atoms with Crippen LogP contribution in [0.1, 0.15) is 24.2 Å². The number of carbonyl (C=O) groups is 1. The molecule has 1 aliphatic rings. The van der Waals surface area contributed by atoms with Gasteiger partial charge in [-0.1, -0.05) is 0 Å². The lowest BCUT2D eigenvalue weighted by molar-refractivity contribution is -0.133. The highest BCUT2D eigenvalue weighted by atomic mass is 16.2. The summed E-state index contributed by atoms with van der Waals surface area (Å²) in [5.41, 5.74) is 2.00.